The molecule has 3 aliphatic rings. The van der Waals surface area contributed by atoms with Crippen molar-refractivity contribution in [1.29, 1.82) is 0 Å². The number of dihydropyridines is 1. The predicted molar refractivity (Wildman–Crippen MR) is 95.6 cm³/mol. The summed E-state index contributed by atoms with van der Waals surface area (Å²) in [6, 6.07) is 5.66. The molecule has 0 aromatic heterocycles. The molecule has 2 atom stereocenters. The van der Waals surface area contributed by atoms with Gasteiger partial charge < -0.3 is 15.4 Å². The van der Waals surface area contributed by atoms with Crippen LogP contribution in [0.3, 0.4) is 0 Å². The Labute approximate surface area is 147 Å². The molecule has 3 N–H and O–H groups in total. The lowest BCUT2D eigenvalue weighted by molar-refractivity contribution is 0.285. The number of fused-ring (bicyclic) bond motifs is 4. The molecule has 5 nitrogen and oxygen atoms in total. The molecule has 0 spiro atoms. The van der Waals surface area contributed by atoms with Crippen LogP contribution in [0.4, 0.5) is 4.39 Å². The summed E-state index contributed by atoms with van der Waals surface area (Å²) in [6.07, 6.45) is 6.13. The van der Waals surface area contributed by atoms with Gasteiger partial charge in [-0.3, -0.25) is 5.32 Å². The summed E-state index contributed by atoms with van der Waals surface area (Å²) in [5.41, 5.74) is 8.45. The van der Waals surface area contributed by atoms with Crippen molar-refractivity contribution >= 4 is 5.90 Å². The van der Waals surface area contributed by atoms with Crippen molar-refractivity contribution < 1.29 is 9.13 Å². The number of aliphatic imine (C=N–C) groups is 1. The predicted octanol–water partition coefficient (Wildman–Crippen LogP) is 1.92. The van der Waals surface area contributed by atoms with Crippen LogP contribution in [0, 0.1) is 5.82 Å². The topological polar surface area (TPSA) is 62.9 Å². The van der Waals surface area contributed by atoms with Gasteiger partial charge in [0.1, 0.15) is 18.6 Å². The minimum atomic E-state index is -0.207. The van der Waals surface area contributed by atoms with E-state index >= 15 is 0 Å². The molecule has 3 heterocycles. The van der Waals surface area contributed by atoms with Crippen molar-refractivity contribution in [3.8, 4) is 0 Å². The Bertz CT molecular complexity index is 703. The van der Waals surface area contributed by atoms with E-state index in [1.165, 1.54) is 24.6 Å². The standard InChI is InChI=1S/C19H25FN4O/c20-17-4-3-13(8-14(17)5-6-21)12-25-19-10-16-9-18(23-19)22-11-15-2-1-7-24(15)16/h3-4,8,10,15,18,22H,1-2,5-7,9,11-12,21H2. The third-order valence-corrected chi connectivity index (χ3v) is 5.22. The van der Waals surface area contributed by atoms with Gasteiger partial charge in [-0.05, 0) is 49.1 Å². The van der Waals surface area contributed by atoms with Gasteiger partial charge >= 0.3 is 0 Å². The van der Waals surface area contributed by atoms with Crippen LogP contribution in [0.15, 0.2) is 35.0 Å². The van der Waals surface area contributed by atoms with Crippen molar-refractivity contribution in [2.24, 2.45) is 10.7 Å². The molecule has 4 rings (SSSR count). The lowest BCUT2D eigenvalue weighted by Gasteiger charge is -2.27. The second-order valence-electron chi connectivity index (χ2n) is 6.97. The molecule has 0 saturated carbocycles. The van der Waals surface area contributed by atoms with Crippen LogP contribution in [-0.4, -0.2) is 42.6 Å². The van der Waals surface area contributed by atoms with E-state index in [0.29, 0.717) is 37.1 Å². The quantitative estimate of drug-likeness (QED) is 0.876. The zero-order valence-corrected chi connectivity index (χ0v) is 14.4. The first-order chi connectivity index (χ1) is 12.2. The van der Waals surface area contributed by atoms with Gasteiger partial charge in [-0.1, -0.05) is 6.07 Å². The van der Waals surface area contributed by atoms with Gasteiger partial charge in [-0.2, -0.15) is 0 Å². The highest BCUT2D eigenvalue weighted by Crippen LogP contribution is 2.29. The number of ether oxygens (including phenoxy) is 1. The molecule has 2 fully saturated rings. The van der Waals surface area contributed by atoms with Crippen LogP contribution in [0.5, 0.6) is 0 Å². The van der Waals surface area contributed by atoms with Gasteiger partial charge in [0.05, 0.1) is 0 Å². The number of rotatable bonds is 4. The molecule has 6 heteroatoms. The van der Waals surface area contributed by atoms with E-state index < -0.39 is 0 Å². The third kappa shape index (κ3) is 3.55. The number of nitrogens with zero attached hydrogens (tertiary/aromatic N) is 2. The fourth-order valence-electron chi connectivity index (χ4n) is 3.95. The maximum Gasteiger partial charge on any atom is 0.212 e. The van der Waals surface area contributed by atoms with Gasteiger partial charge in [0.15, 0.2) is 0 Å². The average molecular weight is 344 g/mol. The molecule has 0 amide bonds. The number of halogens is 1. The van der Waals surface area contributed by atoms with Crippen LogP contribution in [-0.2, 0) is 17.8 Å². The Morgan fingerprint density at radius 3 is 3.20 bits per heavy atom. The molecule has 134 valence electrons. The highest BCUT2D eigenvalue weighted by atomic mass is 19.1. The van der Waals surface area contributed by atoms with E-state index in [1.54, 1.807) is 6.07 Å². The van der Waals surface area contributed by atoms with Crippen LogP contribution >= 0.6 is 0 Å². The van der Waals surface area contributed by atoms with Crippen molar-refractivity contribution in [2.75, 3.05) is 19.6 Å². The Morgan fingerprint density at radius 1 is 1.40 bits per heavy atom. The van der Waals surface area contributed by atoms with E-state index in [0.717, 1.165) is 25.1 Å². The summed E-state index contributed by atoms with van der Waals surface area (Å²) in [6.45, 7) is 2.93. The highest BCUT2D eigenvalue weighted by molar-refractivity contribution is 5.89. The van der Waals surface area contributed by atoms with Crippen LogP contribution in [0.2, 0.25) is 0 Å². The molecule has 0 aliphatic carbocycles. The maximum absolute atomic E-state index is 13.7. The van der Waals surface area contributed by atoms with Crippen LogP contribution < -0.4 is 11.1 Å². The van der Waals surface area contributed by atoms with Gasteiger partial charge in [-0.15, -0.1) is 0 Å². The van der Waals surface area contributed by atoms with E-state index in [-0.39, 0.29) is 12.0 Å². The van der Waals surface area contributed by atoms with E-state index in [2.05, 4.69) is 21.3 Å². The summed E-state index contributed by atoms with van der Waals surface area (Å²) in [7, 11) is 0. The SMILES string of the molecule is NCCc1cc(COC2=NC3CC(=C2)N2CCCC2CN3)ccc1F. The van der Waals surface area contributed by atoms with Crippen molar-refractivity contribution in [3.05, 3.63) is 46.9 Å². The Morgan fingerprint density at radius 2 is 2.32 bits per heavy atom. The first-order valence-corrected chi connectivity index (χ1v) is 9.11. The molecule has 1 aromatic carbocycles. The van der Waals surface area contributed by atoms with Crippen molar-refractivity contribution in [2.45, 2.75) is 44.5 Å². The summed E-state index contributed by atoms with van der Waals surface area (Å²) < 4.78 is 19.7. The summed E-state index contributed by atoms with van der Waals surface area (Å²) in [5, 5.41) is 3.53. The number of nitrogens with two attached hydrogens (primary N) is 1. The third-order valence-electron chi connectivity index (χ3n) is 5.22. The van der Waals surface area contributed by atoms with E-state index in [9.17, 15) is 4.39 Å². The lowest BCUT2D eigenvalue weighted by atomic mass is 10.1. The van der Waals surface area contributed by atoms with Gasteiger partial charge in [0, 0.05) is 37.3 Å². The van der Waals surface area contributed by atoms with Gasteiger partial charge in [0.25, 0.3) is 0 Å². The highest BCUT2D eigenvalue weighted by Gasteiger charge is 2.33. The van der Waals surface area contributed by atoms with Gasteiger partial charge in [-0.25, -0.2) is 9.38 Å². The average Bonchev–Trinajstić information content (AvgIpc) is 3.05. The first-order valence-electron chi connectivity index (χ1n) is 9.11. The molecule has 25 heavy (non-hydrogen) atoms. The first kappa shape index (κ1) is 16.5. The smallest absolute Gasteiger partial charge is 0.212 e. The minimum absolute atomic E-state index is 0.0987. The monoisotopic (exact) mass is 344 g/mol. The number of hydrogen-bond acceptors (Lipinski definition) is 5. The fourth-order valence-corrected chi connectivity index (χ4v) is 3.95. The number of benzene rings is 1. The molecule has 0 radical (unpaired) electrons. The van der Waals surface area contributed by atoms with Crippen LogP contribution in [0.25, 0.3) is 0 Å². The van der Waals surface area contributed by atoms with Crippen molar-refractivity contribution in [3.63, 3.8) is 0 Å². The Balaban J connectivity index is 1.46. The summed E-state index contributed by atoms with van der Waals surface area (Å²) in [5.74, 6) is 0.456. The largest absolute Gasteiger partial charge is 0.473 e. The zero-order chi connectivity index (χ0) is 17.2. The number of hydrogen-bond donors (Lipinski definition) is 2. The lowest BCUT2D eigenvalue weighted by Crippen LogP contribution is -2.34. The second kappa shape index (κ2) is 7.14. The zero-order valence-electron chi connectivity index (χ0n) is 14.4. The van der Waals surface area contributed by atoms with E-state index in [4.69, 9.17) is 10.5 Å². The second-order valence-corrected chi connectivity index (χ2v) is 6.97. The Hall–Kier alpha value is -1.92. The maximum atomic E-state index is 13.7. The van der Waals surface area contributed by atoms with Crippen LogP contribution in [0.1, 0.15) is 30.4 Å². The minimum Gasteiger partial charge on any atom is -0.473 e. The van der Waals surface area contributed by atoms with Crippen molar-refractivity contribution in [1.82, 2.24) is 10.2 Å². The fraction of sp³-hybridized carbons (Fsp3) is 0.526. The molecule has 2 bridgehead atoms. The van der Waals surface area contributed by atoms with E-state index in [1.807, 2.05) is 6.07 Å². The summed E-state index contributed by atoms with van der Waals surface area (Å²) >= 11 is 0. The normalized spacial score (nSPS) is 25.1. The molecular formula is C19H25FN4O. The molecule has 1 aromatic rings. The number of nitrogens with one attached hydrogen (secondary N) is 1. The molecule has 2 unspecified atom stereocenters. The molecule has 2 saturated heterocycles. The Kier molecular flexibility index (Phi) is 4.72. The van der Waals surface area contributed by atoms with Gasteiger partial charge in [0.2, 0.25) is 5.90 Å². The molecule has 3 aliphatic heterocycles. The molecular weight excluding hydrogens is 319 g/mol. The summed E-state index contributed by atoms with van der Waals surface area (Å²) in [4.78, 5) is 7.17.